The lowest BCUT2D eigenvalue weighted by Crippen LogP contribution is -2.51. The maximum absolute atomic E-state index is 5.96. The van der Waals surface area contributed by atoms with Crippen LogP contribution in [0.15, 0.2) is 30.7 Å². The predicted molar refractivity (Wildman–Crippen MR) is 82.8 cm³/mol. The van der Waals surface area contributed by atoms with E-state index in [9.17, 15) is 0 Å². The molecule has 1 unspecified atom stereocenters. The van der Waals surface area contributed by atoms with Crippen LogP contribution in [-0.2, 0) is 22.6 Å². The number of aromatic nitrogens is 4. The molecule has 2 aromatic heterocycles. The molecule has 23 heavy (non-hydrogen) atoms. The van der Waals surface area contributed by atoms with E-state index in [1.54, 1.807) is 6.20 Å². The average Bonchev–Trinajstić information content (AvgIpc) is 3.19. The van der Waals surface area contributed by atoms with Gasteiger partial charge >= 0.3 is 0 Å². The number of rotatable bonds is 4. The van der Waals surface area contributed by atoms with Crippen molar-refractivity contribution in [2.45, 2.75) is 25.1 Å². The number of morpholine rings is 1. The van der Waals surface area contributed by atoms with Crippen molar-refractivity contribution in [3.8, 4) is 0 Å². The fraction of sp³-hybridized carbons (Fsp3) is 0.562. The zero-order valence-electron chi connectivity index (χ0n) is 13.1. The maximum atomic E-state index is 5.96. The molecule has 2 aliphatic heterocycles. The van der Waals surface area contributed by atoms with Crippen molar-refractivity contribution >= 4 is 0 Å². The first kappa shape index (κ1) is 14.7. The summed E-state index contributed by atoms with van der Waals surface area (Å²) in [6.45, 7) is 5.60. The van der Waals surface area contributed by atoms with Crippen molar-refractivity contribution < 1.29 is 9.47 Å². The molecule has 7 nitrogen and oxygen atoms in total. The summed E-state index contributed by atoms with van der Waals surface area (Å²) >= 11 is 0. The van der Waals surface area contributed by atoms with E-state index in [0.717, 1.165) is 50.5 Å². The van der Waals surface area contributed by atoms with Gasteiger partial charge in [-0.2, -0.15) is 0 Å². The highest BCUT2D eigenvalue weighted by molar-refractivity contribution is 5.09. The zero-order chi connectivity index (χ0) is 15.5. The SMILES string of the molecule is c1cncc(Cn2cc(CN3CCOC4(CCOC4)C3)nn2)c1. The molecule has 0 amide bonds. The van der Waals surface area contributed by atoms with E-state index >= 15 is 0 Å². The van der Waals surface area contributed by atoms with Crippen molar-refractivity contribution in [3.05, 3.63) is 42.0 Å². The molecule has 2 aliphatic rings. The van der Waals surface area contributed by atoms with Crippen molar-refractivity contribution in [1.82, 2.24) is 24.9 Å². The standard InChI is InChI=1S/C16H21N5O2/c1-2-14(8-17-4-1)9-21-11-15(18-19-21)10-20-5-7-23-16(12-20)3-6-22-13-16/h1-2,4,8,11H,3,5-7,9-10,12-13H2. The highest BCUT2D eigenvalue weighted by Gasteiger charge is 2.40. The Morgan fingerprint density at radius 3 is 3.09 bits per heavy atom. The van der Waals surface area contributed by atoms with Gasteiger partial charge in [-0.15, -0.1) is 5.10 Å². The molecule has 1 spiro atoms. The van der Waals surface area contributed by atoms with Gasteiger partial charge in [0, 0.05) is 45.1 Å². The van der Waals surface area contributed by atoms with Crippen LogP contribution in [0, 0.1) is 0 Å². The molecule has 0 aliphatic carbocycles. The van der Waals surface area contributed by atoms with Crippen molar-refractivity contribution in [1.29, 1.82) is 0 Å². The minimum absolute atomic E-state index is 0.107. The first-order valence-corrected chi connectivity index (χ1v) is 8.03. The molecule has 7 heteroatoms. The molecule has 0 radical (unpaired) electrons. The number of hydrogen-bond donors (Lipinski definition) is 0. The van der Waals surface area contributed by atoms with Crippen LogP contribution in [0.25, 0.3) is 0 Å². The average molecular weight is 315 g/mol. The van der Waals surface area contributed by atoms with E-state index in [-0.39, 0.29) is 5.60 Å². The molecule has 2 fully saturated rings. The summed E-state index contributed by atoms with van der Waals surface area (Å²) in [5.74, 6) is 0. The maximum Gasteiger partial charge on any atom is 0.106 e. The fourth-order valence-electron chi connectivity index (χ4n) is 3.28. The van der Waals surface area contributed by atoms with Gasteiger partial charge in [0.15, 0.2) is 0 Å². The number of hydrogen-bond acceptors (Lipinski definition) is 6. The summed E-state index contributed by atoms with van der Waals surface area (Å²) in [6, 6.07) is 3.98. The van der Waals surface area contributed by atoms with Crippen molar-refractivity contribution in [2.75, 3.05) is 32.9 Å². The third-order valence-electron chi connectivity index (χ3n) is 4.43. The monoisotopic (exact) mass is 315 g/mol. The predicted octanol–water partition coefficient (Wildman–Crippen LogP) is 0.713. The van der Waals surface area contributed by atoms with Crippen molar-refractivity contribution in [2.24, 2.45) is 0 Å². The van der Waals surface area contributed by atoms with Crippen LogP contribution in [0.1, 0.15) is 17.7 Å². The van der Waals surface area contributed by atoms with E-state index in [1.165, 1.54) is 0 Å². The Bertz CT molecular complexity index is 639. The molecule has 4 rings (SSSR count). The zero-order valence-corrected chi connectivity index (χ0v) is 13.1. The molecule has 4 heterocycles. The molecule has 1 atom stereocenters. The van der Waals surface area contributed by atoms with Gasteiger partial charge in [0.2, 0.25) is 0 Å². The minimum Gasteiger partial charge on any atom is -0.378 e. The van der Waals surface area contributed by atoms with Gasteiger partial charge in [0.05, 0.1) is 31.6 Å². The summed E-state index contributed by atoms with van der Waals surface area (Å²) in [7, 11) is 0. The van der Waals surface area contributed by atoms with Gasteiger partial charge in [-0.25, -0.2) is 4.68 Å². The number of nitrogens with zero attached hydrogens (tertiary/aromatic N) is 5. The topological polar surface area (TPSA) is 65.3 Å². The van der Waals surface area contributed by atoms with Crippen LogP contribution in [0.5, 0.6) is 0 Å². The summed E-state index contributed by atoms with van der Waals surface area (Å²) < 4.78 is 13.3. The van der Waals surface area contributed by atoms with E-state index in [1.807, 2.05) is 29.2 Å². The second-order valence-electron chi connectivity index (χ2n) is 6.31. The second-order valence-corrected chi connectivity index (χ2v) is 6.31. The molecule has 2 aromatic rings. The Morgan fingerprint density at radius 2 is 2.26 bits per heavy atom. The quantitative estimate of drug-likeness (QED) is 0.828. The lowest BCUT2D eigenvalue weighted by atomic mass is 10.0. The summed E-state index contributed by atoms with van der Waals surface area (Å²) in [5.41, 5.74) is 2.01. The Hall–Kier alpha value is -1.83. The van der Waals surface area contributed by atoms with E-state index in [0.29, 0.717) is 13.2 Å². The van der Waals surface area contributed by atoms with Gasteiger partial charge in [-0.1, -0.05) is 11.3 Å². The fourth-order valence-corrected chi connectivity index (χ4v) is 3.28. The lowest BCUT2D eigenvalue weighted by Gasteiger charge is -2.39. The van der Waals surface area contributed by atoms with Gasteiger partial charge in [0.25, 0.3) is 0 Å². The van der Waals surface area contributed by atoms with Crippen LogP contribution in [-0.4, -0.2) is 63.4 Å². The lowest BCUT2D eigenvalue weighted by molar-refractivity contribution is -0.111. The Morgan fingerprint density at radius 1 is 1.26 bits per heavy atom. The van der Waals surface area contributed by atoms with Gasteiger partial charge < -0.3 is 9.47 Å². The van der Waals surface area contributed by atoms with E-state index in [4.69, 9.17) is 9.47 Å². The van der Waals surface area contributed by atoms with E-state index in [2.05, 4.69) is 20.2 Å². The Kier molecular flexibility index (Phi) is 4.07. The molecule has 2 saturated heterocycles. The highest BCUT2D eigenvalue weighted by atomic mass is 16.6. The van der Waals surface area contributed by atoms with Gasteiger partial charge in [-0.3, -0.25) is 9.88 Å². The molecule has 122 valence electrons. The third kappa shape index (κ3) is 3.41. The van der Waals surface area contributed by atoms with Gasteiger partial charge in [-0.05, 0) is 11.6 Å². The van der Waals surface area contributed by atoms with Crippen molar-refractivity contribution in [3.63, 3.8) is 0 Å². The smallest absolute Gasteiger partial charge is 0.106 e. The van der Waals surface area contributed by atoms with Crippen LogP contribution in [0.3, 0.4) is 0 Å². The molecule has 0 N–H and O–H groups in total. The minimum atomic E-state index is -0.107. The second kappa shape index (κ2) is 6.35. The summed E-state index contributed by atoms with van der Waals surface area (Å²) in [6.07, 6.45) is 6.63. The van der Waals surface area contributed by atoms with Crippen LogP contribution >= 0.6 is 0 Å². The van der Waals surface area contributed by atoms with E-state index < -0.39 is 0 Å². The number of ether oxygens (including phenoxy) is 2. The van der Waals surface area contributed by atoms with Crippen LogP contribution < -0.4 is 0 Å². The molecular weight excluding hydrogens is 294 g/mol. The molecule has 0 aromatic carbocycles. The summed E-state index contributed by atoms with van der Waals surface area (Å²) in [5, 5.41) is 8.52. The first-order chi connectivity index (χ1) is 11.3. The van der Waals surface area contributed by atoms with Crippen LogP contribution in [0.2, 0.25) is 0 Å². The van der Waals surface area contributed by atoms with Crippen LogP contribution in [0.4, 0.5) is 0 Å². The largest absolute Gasteiger partial charge is 0.378 e. The first-order valence-electron chi connectivity index (χ1n) is 8.03. The molecular formula is C16H21N5O2. The molecule has 0 bridgehead atoms. The number of pyridine rings is 1. The highest BCUT2D eigenvalue weighted by Crippen LogP contribution is 2.27. The van der Waals surface area contributed by atoms with Gasteiger partial charge in [0.1, 0.15) is 5.60 Å². The Balaban J connectivity index is 1.37. The summed E-state index contributed by atoms with van der Waals surface area (Å²) in [4.78, 5) is 6.51. The third-order valence-corrected chi connectivity index (χ3v) is 4.43. The molecule has 0 saturated carbocycles. The Labute approximate surface area is 135 Å². The normalized spacial score (nSPS) is 25.2.